The van der Waals surface area contributed by atoms with E-state index in [9.17, 15) is 0 Å². The van der Waals surface area contributed by atoms with E-state index in [1.165, 1.54) is 38.8 Å². The second-order valence-electron chi connectivity index (χ2n) is 6.72. The number of unbranched alkanes of at least 4 members (excludes halogenated alkanes) is 2. The van der Waals surface area contributed by atoms with E-state index in [4.69, 9.17) is 10.4 Å². The van der Waals surface area contributed by atoms with Crippen LogP contribution in [-0.4, -0.2) is 70.9 Å². The molecule has 0 atom stereocenters. The molecule has 2 aliphatic heterocycles. The number of likely N-dealkylation sites (tertiary alicyclic amines) is 2. The van der Waals surface area contributed by atoms with Crippen molar-refractivity contribution in [3.8, 4) is 0 Å². The third-order valence-corrected chi connectivity index (χ3v) is 4.81. The van der Waals surface area contributed by atoms with Gasteiger partial charge in [-0.1, -0.05) is 37.0 Å². The molecule has 0 radical (unpaired) electrons. The van der Waals surface area contributed by atoms with Crippen molar-refractivity contribution in [2.75, 3.05) is 39.3 Å². The molecule has 0 aromatic heterocycles. The molecular formula is C18H36N4O2. The minimum atomic E-state index is 0.945. The van der Waals surface area contributed by atoms with Gasteiger partial charge in [-0.05, 0) is 25.9 Å². The van der Waals surface area contributed by atoms with Gasteiger partial charge in [0.25, 0.3) is 0 Å². The predicted octanol–water partition coefficient (Wildman–Crippen LogP) is 3.43. The summed E-state index contributed by atoms with van der Waals surface area (Å²) in [5.74, 6) is 0. The number of rotatable bonds is 6. The molecule has 2 rings (SSSR count). The fourth-order valence-corrected chi connectivity index (χ4v) is 3.03. The van der Waals surface area contributed by atoms with Crippen LogP contribution in [0.4, 0.5) is 0 Å². The van der Waals surface area contributed by atoms with Gasteiger partial charge in [0.2, 0.25) is 0 Å². The summed E-state index contributed by atoms with van der Waals surface area (Å²) in [6.45, 7) is 11.1. The van der Waals surface area contributed by atoms with Gasteiger partial charge in [-0.25, -0.2) is 0 Å². The maximum Gasteiger partial charge on any atom is 0.0596 e. The van der Waals surface area contributed by atoms with Crippen LogP contribution in [0.15, 0.2) is 10.3 Å². The highest BCUT2D eigenvalue weighted by molar-refractivity contribution is 5.85. The molecule has 0 aromatic rings. The molecule has 0 bridgehead atoms. The van der Waals surface area contributed by atoms with Crippen molar-refractivity contribution in [2.45, 2.75) is 65.2 Å². The molecule has 6 nitrogen and oxygen atoms in total. The fraction of sp³-hybridized carbons (Fsp3) is 0.889. The highest BCUT2D eigenvalue weighted by Crippen LogP contribution is 2.08. The van der Waals surface area contributed by atoms with E-state index in [0.717, 1.165) is 63.3 Å². The maximum atomic E-state index is 8.52. The molecule has 0 aromatic carbocycles. The van der Waals surface area contributed by atoms with Crippen molar-refractivity contribution in [1.29, 1.82) is 0 Å². The second-order valence-corrected chi connectivity index (χ2v) is 6.72. The van der Waals surface area contributed by atoms with Gasteiger partial charge >= 0.3 is 0 Å². The summed E-state index contributed by atoms with van der Waals surface area (Å²) in [7, 11) is 0. The highest BCUT2D eigenvalue weighted by Gasteiger charge is 2.14. The molecule has 2 saturated heterocycles. The van der Waals surface area contributed by atoms with Crippen molar-refractivity contribution in [2.24, 2.45) is 10.3 Å². The lowest BCUT2D eigenvalue weighted by molar-refractivity contribution is 0.260. The monoisotopic (exact) mass is 340 g/mol. The van der Waals surface area contributed by atoms with Crippen LogP contribution in [0.25, 0.3) is 0 Å². The minimum absolute atomic E-state index is 0.945. The quantitative estimate of drug-likeness (QED) is 0.574. The Balaban J connectivity index is 0.000000240. The van der Waals surface area contributed by atoms with Gasteiger partial charge in [-0.15, -0.1) is 0 Å². The Morgan fingerprint density at radius 3 is 1.29 bits per heavy atom. The molecule has 140 valence electrons. The van der Waals surface area contributed by atoms with Crippen molar-refractivity contribution in [1.82, 2.24) is 9.80 Å². The van der Waals surface area contributed by atoms with E-state index < -0.39 is 0 Å². The number of oxime groups is 2. The summed E-state index contributed by atoms with van der Waals surface area (Å²) in [4.78, 5) is 4.89. The number of piperidine rings is 2. The molecule has 0 saturated carbocycles. The molecule has 2 fully saturated rings. The molecule has 0 unspecified atom stereocenters. The molecule has 0 amide bonds. The van der Waals surface area contributed by atoms with Gasteiger partial charge < -0.3 is 20.2 Å². The topological polar surface area (TPSA) is 71.7 Å². The van der Waals surface area contributed by atoms with Gasteiger partial charge in [0, 0.05) is 51.9 Å². The van der Waals surface area contributed by atoms with Crippen molar-refractivity contribution < 1.29 is 10.4 Å². The number of nitrogens with zero attached hydrogens (tertiary/aromatic N) is 4. The van der Waals surface area contributed by atoms with Crippen LogP contribution in [0.3, 0.4) is 0 Å². The zero-order valence-corrected chi connectivity index (χ0v) is 15.6. The smallest absolute Gasteiger partial charge is 0.0596 e. The van der Waals surface area contributed by atoms with E-state index in [-0.39, 0.29) is 0 Å². The summed E-state index contributed by atoms with van der Waals surface area (Å²) in [5, 5.41) is 23.6. The predicted molar refractivity (Wildman–Crippen MR) is 99.6 cm³/mol. The van der Waals surface area contributed by atoms with Gasteiger partial charge in [-0.2, -0.15) is 0 Å². The van der Waals surface area contributed by atoms with E-state index in [0.29, 0.717) is 0 Å². The average Bonchev–Trinajstić information content (AvgIpc) is 2.66. The lowest BCUT2D eigenvalue weighted by Crippen LogP contribution is -2.34. The third-order valence-electron chi connectivity index (χ3n) is 4.81. The Labute approximate surface area is 147 Å². The van der Waals surface area contributed by atoms with E-state index in [1.807, 2.05) is 0 Å². The third kappa shape index (κ3) is 8.64. The second kappa shape index (κ2) is 13.2. The normalized spacial score (nSPS) is 19.6. The maximum absolute atomic E-state index is 8.52. The van der Waals surface area contributed by atoms with Crippen LogP contribution >= 0.6 is 0 Å². The summed E-state index contributed by atoms with van der Waals surface area (Å²) < 4.78 is 0. The minimum Gasteiger partial charge on any atom is -0.411 e. The van der Waals surface area contributed by atoms with Crippen LogP contribution in [0.5, 0.6) is 0 Å². The summed E-state index contributed by atoms with van der Waals surface area (Å²) in [6.07, 6.45) is 8.87. The fourth-order valence-electron chi connectivity index (χ4n) is 3.03. The van der Waals surface area contributed by atoms with Crippen LogP contribution in [0, 0.1) is 0 Å². The number of hydrogen-bond donors (Lipinski definition) is 2. The summed E-state index contributed by atoms with van der Waals surface area (Å²) in [6, 6.07) is 0. The Morgan fingerprint density at radius 2 is 1.04 bits per heavy atom. The molecule has 2 heterocycles. The lowest BCUT2D eigenvalue weighted by atomic mass is 10.1. The molecule has 24 heavy (non-hydrogen) atoms. The SMILES string of the molecule is CCCCN1CCC(=NO)CC1.CCCCN1CCC(=NO)CC1. The van der Waals surface area contributed by atoms with Crippen molar-refractivity contribution in [3.05, 3.63) is 0 Å². The van der Waals surface area contributed by atoms with Crippen LogP contribution in [-0.2, 0) is 0 Å². The zero-order chi connectivity index (χ0) is 17.6. The standard InChI is InChI=1S/2C9H18N2O/c2*1-2-3-6-11-7-4-9(10-12)5-8-11/h2*12H,2-8H2,1H3. The molecule has 0 aliphatic carbocycles. The molecule has 2 N–H and O–H groups in total. The van der Waals surface area contributed by atoms with E-state index in [2.05, 4.69) is 34.0 Å². The van der Waals surface area contributed by atoms with E-state index in [1.54, 1.807) is 0 Å². The van der Waals surface area contributed by atoms with Gasteiger partial charge in [0.15, 0.2) is 0 Å². The Kier molecular flexibility index (Phi) is 11.5. The first-order valence-electron chi connectivity index (χ1n) is 9.57. The summed E-state index contributed by atoms with van der Waals surface area (Å²) >= 11 is 0. The first-order valence-corrected chi connectivity index (χ1v) is 9.57. The molecule has 0 spiro atoms. The Hall–Kier alpha value is -1.14. The highest BCUT2D eigenvalue weighted by atomic mass is 16.4. The van der Waals surface area contributed by atoms with Crippen LogP contribution in [0.2, 0.25) is 0 Å². The number of hydrogen-bond acceptors (Lipinski definition) is 6. The largest absolute Gasteiger partial charge is 0.411 e. The first kappa shape index (κ1) is 20.9. The molecular weight excluding hydrogens is 304 g/mol. The summed E-state index contributed by atoms with van der Waals surface area (Å²) in [5.41, 5.74) is 1.92. The lowest BCUT2D eigenvalue weighted by Gasteiger charge is -2.26. The average molecular weight is 341 g/mol. The van der Waals surface area contributed by atoms with Crippen LogP contribution < -0.4 is 0 Å². The zero-order valence-electron chi connectivity index (χ0n) is 15.6. The van der Waals surface area contributed by atoms with Crippen molar-refractivity contribution >= 4 is 11.4 Å². The molecule has 6 heteroatoms. The van der Waals surface area contributed by atoms with E-state index >= 15 is 0 Å². The Bertz CT molecular complexity index is 329. The van der Waals surface area contributed by atoms with Gasteiger partial charge in [0.1, 0.15) is 0 Å². The van der Waals surface area contributed by atoms with Crippen molar-refractivity contribution in [3.63, 3.8) is 0 Å². The Morgan fingerprint density at radius 1 is 0.708 bits per heavy atom. The first-order chi connectivity index (χ1) is 11.7. The van der Waals surface area contributed by atoms with Gasteiger partial charge in [0.05, 0.1) is 11.4 Å². The molecule has 2 aliphatic rings. The van der Waals surface area contributed by atoms with Crippen LogP contribution in [0.1, 0.15) is 65.2 Å². The van der Waals surface area contributed by atoms with Gasteiger partial charge in [-0.3, -0.25) is 0 Å².